The topological polar surface area (TPSA) is 23.8 Å². The van der Waals surface area contributed by atoms with E-state index in [1.165, 1.54) is 0 Å². The first-order valence-corrected chi connectivity index (χ1v) is 4.33. The Bertz CT molecular complexity index is 405. The summed E-state index contributed by atoms with van der Waals surface area (Å²) in [5, 5.41) is 8.80. The van der Waals surface area contributed by atoms with E-state index in [2.05, 4.69) is 12.6 Å². The minimum Gasteiger partial charge on any atom is -0.192 e. The van der Waals surface area contributed by atoms with Crippen LogP contribution in [0.1, 0.15) is 11.1 Å². The normalized spacial score (nSPS) is 10.5. The minimum absolute atomic E-state index is 0.691. The fourth-order valence-electron chi connectivity index (χ4n) is 1.05. The second kappa shape index (κ2) is 5.55. The summed E-state index contributed by atoms with van der Waals surface area (Å²) in [5.41, 5.74) is 1.62. The number of rotatable bonds is 3. The molecule has 0 saturated heterocycles. The maximum absolute atomic E-state index is 8.80. The molecule has 0 unspecified atom stereocenters. The highest BCUT2D eigenvalue weighted by atomic mass is 14.2. The predicted octanol–water partition coefficient (Wildman–Crippen LogP) is 3.31. The monoisotopic (exact) mass is 181 g/mol. The van der Waals surface area contributed by atoms with E-state index in [1.807, 2.05) is 42.5 Å². The van der Waals surface area contributed by atoms with Crippen LogP contribution in [0, 0.1) is 11.3 Å². The van der Waals surface area contributed by atoms with Crippen LogP contribution in [0.3, 0.4) is 0 Å². The number of hydrogen-bond acceptors (Lipinski definition) is 1. The molecular weight excluding hydrogens is 170 g/mol. The van der Waals surface area contributed by atoms with Crippen LogP contribution in [0.25, 0.3) is 6.08 Å². The van der Waals surface area contributed by atoms with Crippen molar-refractivity contribution in [1.29, 1.82) is 5.26 Å². The van der Waals surface area contributed by atoms with Gasteiger partial charge in [0, 0.05) is 0 Å². The predicted molar refractivity (Wildman–Crippen MR) is 59.5 cm³/mol. The average molecular weight is 181 g/mol. The van der Waals surface area contributed by atoms with Crippen LogP contribution in [0.4, 0.5) is 0 Å². The molecule has 0 N–H and O–H groups in total. The van der Waals surface area contributed by atoms with Gasteiger partial charge in [-0.05, 0) is 11.6 Å². The van der Waals surface area contributed by atoms with Crippen LogP contribution in [0.15, 0.2) is 55.1 Å². The maximum Gasteiger partial charge on any atom is 0.0997 e. The molecule has 0 amide bonds. The highest BCUT2D eigenvalue weighted by molar-refractivity contribution is 5.58. The Morgan fingerprint density at radius 1 is 1.14 bits per heavy atom. The first-order chi connectivity index (χ1) is 6.88. The molecule has 1 rings (SSSR count). The summed E-state index contributed by atoms with van der Waals surface area (Å²) in [6, 6.07) is 9.63. The molecule has 0 atom stereocenters. The van der Waals surface area contributed by atoms with Gasteiger partial charge in [-0.3, -0.25) is 0 Å². The van der Waals surface area contributed by atoms with E-state index in [-0.39, 0.29) is 0 Å². The van der Waals surface area contributed by atoms with Gasteiger partial charge in [0.15, 0.2) is 0 Å². The van der Waals surface area contributed by atoms with Crippen LogP contribution in [-0.2, 0) is 0 Å². The van der Waals surface area contributed by atoms with Gasteiger partial charge in [0.05, 0.1) is 11.6 Å². The van der Waals surface area contributed by atoms with E-state index in [1.54, 1.807) is 12.1 Å². The lowest BCUT2D eigenvalue weighted by Gasteiger charge is -1.94. The second-order valence-electron chi connectivity index (χ2n) is 2.68. The zero-order valence-corrected chi connectivity index (χ0v) is 7.85. The minimum atomic E-state index is 0.691. The van der Waals surface area contributed by atoms with Crippen molar-refractivity contribution in [3.8, 4) is 6.07 Å². The molecule has 0 aliphatic rings. The van der Waals surface area contributed by atoms with Crippen LogP contribution in [0.2, 0.25) is 0 Å². The summed E-state index contributed by atoms with van der Waals surface area (Å²) in [6.45, 7) is 3.57. The van der Waals surface area contributed by atoms with Gasteiger partial charge in [0.25, 0.3) is 0 Å². The van der Waals surface area contributed by atoms with Gasteiger partial charge in [0.1, 0.15) is 0 Å². The SMILES string of the molecule is C=C/C=C\C=C\c1ccccc1C#N. The molecule has 0 heterocycles. The Morgan fingerprint density at radius 2 is 1.93 bits per heavy atom. The smallest absolute Gasteiger partial charge is 0.0997 e. The van der Waals surface area contributed by atoms with Crippen molar-refractivity contribution in [3.63, 3.8) is 0 Å². The lowest BCUT2D eigenvalue weighted by molar-refractivity contribution is 1.47. The van der Waals surface area contributed by atoms with E-state index in [0.717, 1.165) is 5.56 Å². The molecule has 1 aromatic carbocycles. The molecule has 1 nitrogen and oxygen atoms in total. The molecule has 0 spiro atoms. The summed E-state index contributed by atoms with van der Waals surface area (Å²) >= 11 is 0. The Labute approximate surface area is 84.3 Å². The van der Waals surface area contributed by atoms with E-state index < -0.39 is 0 Å². The highest BCUT2D eigenvalue weighted by Crippen LogP contribution is 2.08. The molecule has 0 aliphatic heterocycles. The summed E-state index contributed by atoms with van der Waals surface area (Å²) < 4.78 is 0. The lowest BCUT2D eigenvalue weighted by Crippen LogP contribution is -1.78. The third kappa shape index (κ3) is 2.76. The van der Waals surface area contributed by atoms with Gasteiger partial charge in [-0.1, -0.05) is 55.2 Å². The maximum atomic E-state index is 8.80. The van der Waals surface area contributed by atoms with Crippen molar-refractivity contribution >= 4 is 6.08 Å². The molecule has 0 bridgehead atoms. The zero-order chi connectivity index (χ0) is 10.2. The van der Waals surface area contributed by atoms with Gasteiger partial charge in [-0.2, -0.15) is 5.26 Å². The van der Waals surface area contributed by atoms with E-state index >= 15 is 0 Å². The molecule has 1 aromatic rings. The molecular formula is C13H11N. The van der Waals surface area contributed by atoms with Gasteiger partial charge < -0.3 is 0 Å². The van der Waals surface area contributed by atoms with E-state index in [9.17, 15) is 0 Å². The third-order valence-electron chi connectivity index (χ3n) is 1.72. The van der Waals surface area contributed by atoms with Gasteiger partial charge in [-0.15, -0.1) is 0 Å². The lowest BCUT2D eigenvalue weighted by atomic mass is 10.1. The summed E-state index contributed by atoms with van der Waals surface area (Å²) in [4.78, 5) is 0. The Morgan fingerprint density at radius 3 is 2.64 bits per heavy atom. The standard InChI is InChI=1S/C13H11N/c1-2-3-4-5-8-12-9-6-7-10-13(12)11-14/h2-10H,1H2/b4-3-,8-5+. The summed E-state index contributed by atoms with van der Waals surface area (Å²) in [5.74, 6) is 0. The number of nitriles is 1. The molecule has 0 radical (unpaired) electrons. The number of allylic oxidation sites excluding steroid dienone is 4. The van der Waals surface area contributed by atoms with Crippen molar-refractivity contribution < 1.29 is 0 Å². The average Bonchev–Trinajstić information content (AvgIpc) is 2.25. The van der Waals surface area contributed by atoms with Crippen molar-refractivity contribution in [2.24, 2.45) is 0 Å². The first-order valence-electron chi connectivity index (χ1n) is 4.33. The largest absolute Gasteiger partial charge is 0.192 e. The molecule has 0 fully saturated rings. The van der Waals surface area contributed by atoms with Crippen LogP contribution >= 0.6 is 0 Å². The highest BCUT2D eigenvalue weighted by Gasteiger charge is 1.93. The molecule has 0 saturated carbocycles. The number of hydrogen-bond donors (Lipinski definition) is 0. The number of benzene rings is 1. The fourth-order valence-corrected chi connectivity index (χ4v) is 1.05. The van der Waals surface area contributed by atoms with Gasteiger partial charge in [-0.25, -0.2) is 0 Å². The summed E-state index contributed by atoms with van der Waals surface area (Å²) in [7, 11) is 0. The first kappa shape index (κ1) is 10.0. The van der Waals surface area contributed by atoms with Gasteiger partial charge >= 0.3 is 0 Å². The Kier molecular flexibility index (Phi) is 3.97. The second-order valence-corrected chi connectivity index (χ2v) is 2.68. The van der Waals surface area contributed by atoms with Crippen molar-refractivity contribution in [1.82, 2.24) is 0 Å². The molecule has 14 heavy (non-hydrogen) atoms. The van der Waals surface area contributed by atoms with Crippen molar-refractivity contribution in [3.05, 3.63) is 66.3 Å². The molecule has 68 valence electrons. The van der Waals surface area contributed by atoms with E-state index in [4.69, 9.17) is 5.26 Å². The van der Waals surface area contributed by atoms with E-state index in [0.29, 0.717) is 5.56 Å². The van der Waals surface area contributed by atoms with Crippen molar-refractivity contribution in [2.75, 3.05) is 0 Å². The molecule has 1 heteroatoms. The van der Waals surface area contributed by atoms with Gasteiger partial charge in [0.2, 0.25) is 0 Å². The van der Waals surface area contributed by atoms with Crippen molar-refractivity contribution in [2.45, 2.75) is 0 Å². The summed E-state index contributed by atoms with van der Waals surface area (Å²) in [6.07, 6.45) is 9.21. The quantitative estimate of drug-likeness (QED) is 0.656. The molecule has 0 aromatic heterocycles. The number of nitrogens with zero attached hydrogens (tertiary/aromatic N) is 1. The fraction of sp³-hybridized carbons (Fsp3) is 0. The zero-order valence-electron chi connectivity index (χ0n) is 7.85. The van der Waals surface area contributed by atoms with Crippen LogP contribution < -0.4 is 0 Å². The van der Waals surface area contributed by atoms with Crippen LogP contribution in [0.5, 0.6) is 0 Å². The molecule has 0 aliphatic carbocycles. The Balaban J connectivity index is 2.86. The third-order valence-corrected chi connectivity index (χ3v) is 1.72. The van der Waals surface area contributed by atoms with Crippen LogP contribution in [-0.4, -0.2) is 0 Å². The Hall–Kier alpha value is -2.07.